The van der Waals surface area contributed by atoms with Gasteiger partial charge in [0.25, 0.3) is 0 Å². The predicted octanol–water partition coefficient (Wildman–Crippen LogP) is 2.80. The lowest BCUT2D eigenvalue weighted by Gasteiger charge is -2.04. The van der Waals surface area contributed by atoms with E-state index in [1.165, 1.54) is 6.08 Å². The highest BCUT2D eigenvalue weighted by Crippen LogP contribution is 2.15. The zero-order valence-corrected chi connectivity index (χ0v) is 12.3. The third-order valence-corrected chi connectivity index (χ3v) is 2.81. The first-order chi connectivity index (χ1) is 10.8. The van der Waals surface area contributed by atoms with Crippen LogP contribution in [0.2, 0.25) is 0 Å². The van der Waals surface area contributed by atoms with Crippen LogP contribution < -0.4 is 10.1 Å². The Kier molecular flexibility index (Phi) is 5.89. The molecular weight excluding hydrogens is 278 g/mol. The molecule has 1 N–H and O–H groups in total. The molecular formula is C18H17NO3. The molecule has 22 heavy (non-hydrogen) atoms. The monoisotopic (exact) mass is 295 g/mol. The fourth-order valence-electron chi connectivity index (χ4n) is 1.68. The SMILES string of the molecule is Cc1ccccc1OCC#CCNC(=O)/C=C/c1ccco1. The van der Waals surface area contributed by atoms with Gasteiger partial charge in [-0.05, 0) is 36.8 Å². The number of nitrogens with one attached hydrogen (secondary N) is 1. The van der Waals surface area contributed by atoms with Crippen LogP contribution in [0, 0.1) is 18.8 Å². The summed E-state index contributed by atoms with van der Waals surface area (Å²) in [6.45, 7) is 2.55. The van der Waals surface area contributed by atoms with Crippen LogP contribution in [0.15, 0.2) is 53.2 Å². The van der Waals surface area contributed by atoms with Gasteiger partial charge in [0.2, 0.25) is 5.91 Å². The van der Waals surface area contributed by atoms with E-state index in [4.69, 9.17) is 9.15 Å². The summed E-state index contributed by atoms with van der Waals surface area (Å²) in [5, 5.41) is 2.66. The van der Waals surface area contributed by atoms with E-state index in [1.54, 1.807) is 24.5 Å². The molecule has 0 spiro atoms. The van der Waals surface area contributed by atoms with Crippen molar-refractivity contribution in [2.24, 2.45) is 0 Å². The minimum absolute atomic E-state index is 0.217. The van der Waals surface area contributed by atoms with E-state index in [9.17, 15) is 4.79 Å². The topological polar surface area (TPSA) is 51.5 Å². The lowest BCUT2D eigenvalue weighted by atomic mass is 10.2. The second kappa shape index (κ2) is 8.38. The van der Waals surface area contributed by atoms with E-state index >= 15 is 0 Å². The van der Waals surface area contributed by atoms with Crippen molar-refractivity contribution in [3.05, 3.63) is 60.1 Å². The number of hydrogen-bond acceptors (Lipinski definition) is 3. The average molecular weight is 295 g/mol. The normalized spacial score (nSPS) is 10.0. The number of amides is 1. The van der Waals surface area contributed by atoms with E-state index in [0.29, 0.717) is 12.4 Å². The number of rotatable bonds is 5. The maximum absolute atomic E-state index is 11.5. The summed E-state index contributed by atoms with van der Waals surface area (Å²) in [5.41, 5.74) is 1.07. The number of carbonyl (C=O) groups is 1. The Hall–Kier alpha value is -2.93. The molecule has 0 bridgehead atoms. The van der Waals surface area contributed by atoms with Gasteiger partial charge in [-0.25, -0.2) is 0 Å². The Morgan fingerprint density at radius 1 is 1.27 bits per heavy atom. The van der Waals surface area contributed by atoms with E-state index in [0.717, 1.165) is 11.3 Å². The molecule has 1 aromatic carbocycles. The second-order valence-electron chi connectivity index (χ2n) is 4.47. The van der Waals surface area contributed by atoms with Crippen molar-refractivity contribution in [1.29, 1.82) is 0 Å². The van der Waals surface area contributed by atoms with Gasteiger partial charge in [-0.3, -0.25) is 4.79 Å². The third kappa shape index (κ3) is 5.22. The van der Waals surface area contributed by atoms with Gasteiger partial charge in [0, 0.05) is 6.08 Å². The fourth-order valence-corrected chi connectivity index (χ4v) is 1.68. The van der Waals surface area contributed by atoms with Gasteiger partial charge in [0.15, 0.2) is 0 Å². The Bertz CT molecular complexity index is 691. The summed E-state index contributed by atoms with van der Waals surface area (Å²) in [6, 6.07) is 11.3. The van der Waals surface area contributed by atoms with Crippen LogP contribution in [0.3, 0.4) is 0 Å². The number of benzene rings is 1. The van der Waals surface area contributed by atoms with Crippen LogP contribution in [0.1, 0.15) is 11.3 Å². The van der Waals surface area contributed by atoms with E-state index in [2.05, 4.69) is 17.2 Å². The molecule has 4 nitrogen and oxygen atoms in total. The molecule has 1 amide bonds. The smallest absolute Gasteiger partial charge is 0.244 e. The number of hydrogen-bond donors (Lipinski definition) is 1. The summed E-state index contributed by atoms with van der Waals surface area (Å²) in [7, 11) is 0. The van der Waals surface area contributed by atoms with Gasteiger partial charge in [-0.2, -0.15) is 0 Å². The summed E-state index contributed by atoms with van der Waals surface area (Å²) in [6.07, 6.45) is 4.56. The van der Waals surface area contributed by atoms with Crippen LogP contribution in [0.25, 0.3) is 6.08 Å². The van der Waals surface area contributed by atoms with Crippen molar-refractivity contribution in [2.75, 3.05) is 13.2 Å². The number of carbonyl (C=O) groups excluding carboxylic acids is 1. The van der Waals surface area contributed by atoms with E-state index in [1.807, 2.05) is 31.2 Å². The molecule has 0 saturated carbocycles. The van der Waals surface area contributed by atoms with Crippen molar-refractivity contribution < 1.29 is 13.9 Å². The van der Waals surface area contributed by atoms with Crippen LogP contribution in [-0.4, -0.2) is 19.1 Å². The zero-order valence-electron chi connectivity index (χ0n) is 12.3. The molecule has 0 saturated heterocycles. The van der Waals surface area contributed by atoms with Gasteiger partial charge < -0.3 is 14.5 Å². The van der Waals surface area contributed by atoms with Crippen molar-refractivity contribution in [3.8, 4) is 17.6 Å². The van der Waals surface area contributed by atoms with Crippen LogP contribution in [0.4, 0.5) is 0 Å². The fraction of sp³-hybridized carbons (Fsp3) is 0.167. The first-order valence-electron chi connectivity index (χ1n) is 6.89. The quantitative estimate of drug-likeness (QED) is 0.681. The Morgan fingerprint density at radius 2 is 2.14 bits per heavy atom. The van der Waals surface area contributed by atoms with Crippen molar-refractivity contribution in [3.63, 3.8) is 0 Å². The average Bonchev–Trinajstić information content (AvgIpc) is 3.04. The molecule has 1 aromatic heterocycles. The summed E-state index contributed by atoms with van der Waals surface area (Å²) in [5.74, 6) is 6.93. The molecule has 0 atom stereocenters. The molecule has 4 heteroatoms. The van der Waals surface area contributed by atoms with Gasteiger partial charge in [0.1, 0.15) is 18.1 Å². The minimum atomic E-state index is -0.217. The van der Waals surface area contributed by atoms with E-state index in [-0.39, 0.29) is 12.5 Å². The predicted molar refractivity (Wildman–Crippen MR) is 85.2 cm³/mol. The summed E-state index contributed by atoms with van der Waals surface area (Å²) in [4.78, 5) is 11.5. The zero-order chi connectivity index (χ0) is 15.6. The highest BCUT2D eigenvalue weighted by atomic mass is 16.5. The third-order valence-electron chi connectivity index (χ3n) is 2.81. The molecule has 0 aliphatic carbocycles. The highest BCUT2D eigenvalue weighted by Gasteiger charge is 1.95. The van der Waals surface area contributed by atoms with Crippen LogP contribution >= 0.6 is 0 Å². The number of furan rings is 1. The first kappa shape index (κ1) is 15.5. The van der Waals surface area contributed by atoms with Crippen molar-refractivity contribution >= 4 is 12.0 Å². The summed E-state index contributed by atoms with van der Waals surface area (Å²) >= 11 is 0. The molecule has 2 rings (SSSR count). The molecule has 2 aromatic rings. The van der Waals surface area contributed by atoms with E-state index < -0.39 is 0 Å². The van der Waals surface area contributed by atoms with Gasteiger partial charge >= 0.3 is 0 Å². The largest absolute Gasteiger partial charge is 0.481 e. The molecule has 0 fully saturated rings. The van der Waals surface area contributed by atoms with Crippen molar-refractivity contribution in [2.45, 2.75) is 6.92 Å². The number of aryl methyl sites for hydroxylation is 1. The molecule has 1 heterocycles. The first-order valence-corrected chi connectivity index (χ1v) is 6.89. The maximum atomic E-state index is 11.5. The van der Waals surface area contributed by atoms with Gasteiger partial charge in [0.05, 0.1) is 12.8 Å². The second-order valence-corrected chi connectivity index (χ2v) is 4.47. The van der Waals surface area contributed by atoms with Gasteiger partial charge in [-0.1, -0.05) is 30.0 Å². The number of para-hydroxylation sites is 1. The Labute approximate surface area is 129 Å². The van der Waals surface area contributed by atoms with Crippen LogP contribution in [0.5, 0.6) is 5.75 Å². The minimum Gasteiger partial charge on any atom is -0.481 e. The lowest BCUT2D eigenvalue weighted by Crippen LogP contribution is -2.21. The number of ether oxygens (including phenoxy) is 1. The van der Waals surface area contributed by atoms with Crippen molar-refractivity contribution in [1.82, 2.24) is 5.32 Å². The Balaban J connectivity index is 1.66. The molecule has 112 valence electrons. The highest BCUT2D eigenvalue weighted by molar-refractivity contribution is 5.91. The van der Waals surface area contributed by atoms with Crippen LogP contribution in [-0.2, 0) is 4.79 Å². The molecule has 0 aliphatic heterocycles. The van der Waals surface area contributed by atoms with Gasteiger partial charge in [-0.15, -0.1) is 0 Å². The molecule has 0 radical (unpaired) electrons. The maximum Gasteiger partial charge on any atom is 0.244 e. The molecule has 0 unspecified atom stereocenters. The Morgan fingerprint density at radius 3 is 2.91 bits per heavy atom. The lowest BCUT2D eigenvalue weighted by molar-refractivity contribution is -0.116. The molecule has 0 aliphatic rings. The standard InChI is InChI=1S/C18H17NO3/c1-15-7-2-3-9-17(15)22-13-5-4-12-19-18(20)11-10-16-8-6-14-21-16/h2-3,6-11,14H,12-13H2,1H3,(H,19,20)/b11-10+. The summed E-state index contributed by atoms with van der Waals surface area (Å²) < 4.78 is 10.6.